The molecular weight excluding hydrogens is 348 g/mol. The number of aryl methyl sites for hydroxylation is 2. The summed E-state index contributed by atoms with van der Waals surface area (Å²) in [4.78, 5) is 4.49. The van der Waals surface area contributed by atoms with E-state index in [2.05, 4.69) is 32.4 Å². The third-order valence-electron chi connectivity index (χ3n) is 4.62. The number of para-hydroxylation sites is 1. The summed E-state index contributed by atoms with van der Waals surface area (Å²) in [5, 5.41) is 8.18. The number of ether oxygens (including phenoxy) is 1. The lowest BCUT2D eigenvalue weighted by molar-refractivity contribution is 0.0389. The second-order valence-corrected chi connectivity index (χ2v) is 6.80. The molecule has 2 aromatic rings. The number of thiocarbonyl (C=S) groups is 1. The van der Waals surface area contributed by atoms with Gasteiger partial charge in [0.25, 0.3) is 0 Å². The normalized spacial score (nSPS) is 15.0. The van der Waals surface area contributed by atoms with Gasteiger partial charge >= 0.3 is 0 Å². The zero-order chi connectivity index (χ0) is 18.4. The maximum absolute atomic E-state index is 5.70. The number of anilines is 1. The van der Waals surface area contributed by atoms with Gasteiger partial charge in [-0.3, -0.25) is 4.90 Å². The highest BCUT2D eigenvalue weighted by Gasteiger charge is 2.18. The van der Waals surface area contributed by atoms with Crippen LogP contribution in [0.3, 0.4) is 0 Å². The smallest absolute Gasteiger partial charge is 0.173 e. The average molecular weight is 375 g/mol. The molecule has 2 heterocycles. The summed E-state index contributed by atoms with van der Waals surface area (Å²) in [6.45, 7) is 9.89. The molecule has 1 aromatic heterocycles. The van der Waals surface area contributed by atoms with Gasteiger partial charge in [0.2, 0.25) is 0 Å². The Balaban J connectivity index is 1.65. The summed E-state index contributed by atoms with van der Waals surface area (Å²) >= 11 is 5.70. The first kappa shape index (κ1) is 18.8. The molecule has 1 saturated heterocycles. The SMILES string of the molecule is Cc1noc(C)c1CN(C(=S)NCCN1CCOCC1)c1ccccc1. The Kier molecular flexibility index (Phi) is 6.60. The van der Waals surface area contributed by atoms with Crippen molar-refractivity contribution in [3.63, 3.8) is 0 Å². The zero-order valence-corrected chi connectivity index (χ0v) is 16.2. The molecule has 1 fully saturated rings. The van der Waals surface area contributed by atoms with E-state index in [1.165, 1.54) is 0 Å². The Hall–Kier alpha value is -1.96. The van der Waals surface area contributed by atoms with Gasteiger partial charge in [-0.15, -0.1) is 0 Å². The van der Waals surface area contributed by atoms with Crippen LogP contribution in [-0.2, 0) is 11.3 Å². The van der Waals surface area contributed by atoms with Crippen LogP contribution < -0.4 is 10.2 Å². The first-order chi connectivity index (χ1) is 12.6. The Labute approximate surface area is 160 Å². The third kappa shape index (κ3) is 4.81. The summed E-state index contributed by atoms with van der Waals surface area (Å²) < 4.78 is 10.7. The monoisotopic (exact) mass is 374 g/mol. The molecule has 0 saturated carbocycles. The van der Waals surface area contributed by atoms with E-state index in [4.69, 9.17) is 21.5 Å². The Morgan fingerprint density at radius 2 is 1.96 bits per heavy atom. The summed E-state index contributed by atoms with van der Waals surface area (Å²) in [6, 6.07) is 10.2. The van der Waals surface area contributed by atoms with E-state index in [0.29, 0.717) is 11.7 Å². The average Bonchev–Trinajstić information content (AvgIpc) is 2.99. The van der Waals surface area contributed by atoms with E-state index in [9.17, 15) is 0 Å². The number of benzene rings is 1. The van der Waals surface area contributed by atoms with E-state index in [-0.39, 0.29) is 0 Å². The number of morpholine rings is 1. The van der Waals surface area contributed by atoms with Crippen LogP contribution in [0.1, 0.15) is 17.0 Å². The fourth-order valence-corrected chi connectivity index (χ4v) is 3.29. The largest absolute Gasteiger partial charge is 0.379 e. The minimum Gasteiger partial charge on any atom is -0.379 e. The van der Waals surface area contributed by atoms with Crippen molar-refractivity contribution < 1.29 is 9.26 Å². The molecule has 7 heteroatoms. The number of hydrogen-bond donors (Lipinski definition) is 1. The van der Waals surface area contributed by atoms with Crippen LogP contribution in [-0.4, -0.2) is 54.6 Å². The second kappa shape index (κ2) is 9.12. The van der Waals surface area contributed by atoms with Crippen molar-refractivity contribution >= 4 is 23.0 Å². The van der Waals surface area contributed by atoms with Crippen molar-refractivity contribution in [3.8, 4) is 0 Å². The second-order valence-electron chi connectivity index (χ2n) is 6.41. The topological polar surface area (TPSA) is 53.8 Å². The van der Waals surface area contributed by atoms with Gasteiger partial charge in [0, 0.05) is 37.4 Å². The predicted molar refractivity (Wildman–Crippen MR) is 106 cm³/mol. The van der Waals surface area contributed by atoms with Crippen LogP contribution in [0.5, 0.6) is 0 Å². The molecule has 0 bridgehead atoms. The molecular formula is C19H26N4O2S. The molecule has 0 atom stereocenters. The molecule has 3 rings (SSSR count). The lowest BCUT2D eigenvalue weighted by Crippen LogP contribution is -2.45. The number of rotatable bonds is 6. The first-order valence-corrected chi connectivity index (χ1v) is 9.38. The fourth-order valence-electron chi connectivity index (χ4n) is 3.02. The van der Waals surface area contributed by atoms with Gasteiger partial charge < -0.3 is 19.5 Å². The third-order valence-corrected chi connectivity index (χ3v) is 4.98. The highest BCUT2D eigenvalue weighted by molar-refractivity contribution is 7.80. The number of aromatic nitrogens is 1. The molecule has 0 amide bonds. The van der Waals surface area contributed by atoms with Gasteiger partial charge in [-0.2, -0.15) is 0 Å². The molecule has 140 valence electrons. The van der Waals surface area contributed by atoms with Crippen LogP contribution in [0, 0.1) is 13.8 Å². The van der Waals surface area contributed by atoms with Crippen molar-refractivity contribution in [1.82, 2.24) is 15.4 Å². The fraction of sp³-hybridized carbons (Fsp3) is 0.474. The van der Waals surface area contributed by atoms with E-state index >= 15 is 0 Å². The molecule has 1 aliphatic heterocycles. The van der Waals surface area contributed by atoms with E-state index < -0.39 is 0 Å². The molecule has 0 aliphatic carbocycles. The van der Waals surface area contributed by atoms with E-state index in [1.54, 1.807) is 0 Å². The lowest BCUT2D eigenvalue weighted by atomic mass is 10.2. The van der Waals surface area contributed by atoms with Gasteiger partial charge in [-0.25, -0.2) is 0 Å². The minimum absolute atomic E-state index is 0.633. The van der Waals surface area contributed by atoms with Crippen molar-refractivity contribution in [3.05, 3.63) is 47.3 Å². The van der Waals surface area contributed by atoms with Crippen molar-refractivity contribution in [2.24, 2.45) is 0 Å². The van der Waals surface area contributed by atoms with Gasteiger partial charge in [-0.1, -0.05) is 23.4 Å². The van der Waals surface area contributed by atoms with Gasteiger partial charge in [-0.05, 0) is 38.2 Å². The Morgan fingerprint density at radius 3 is 2.62 bits per heavy atom. The van der Waals surface area contributed by atoms with Gasteiger partial charge in [0.1, 0.15) is 5.76 Å². The van der Waals surface area contributed by atoms with Crippen LogP contribution in [0.25, 0.3) is 0 Å². The molecule has 0 radical (unpaired) electrons. The predicted octanol–water partition coefficient (Wildman–Crippen LogP) is 2.50. The maximum atomic E-state index is 5.70. The molecule has 0 spiro atoms. The lowest BCUT2D eigenvalue weighted by Gasteiger charge is -2.29. The molecule has 1 aliphatic rings. The highest BCUT2D eigenvalue weighted by atomic mass is 32.1. The maximum Gasteiger partial charge on any atom is 0.173 e. The highest BCUT2D eigenvalue weighted by Crippen LogP contribution is 2.21. The minimum atomic E-state index is 0.633. The number of hydrogen-bond acceptors (Lipinski definition) is 5. The van der Waals surface area contributed by atoms with E-state index in [0.717, 1.165) is 62.1 Å². The molecule has 1 N–H and O–H groups in total. The van der Waals surface area contributed by atoms with Crippen molar-refractivity contribution in [2.75, 3.05) is 44.3 Å². The quantitative estimate of drug-likeness (QED) is 0.780. The van der Waals surface area contributed by atoms with Crippen molar-refractivity contribution in [2.45, 2.75) is 20.4 Å². The van der Waals surface area contributed by atoms with E-state index in [1.807, 2.05) is 32.0 Å². The first-order valence-electron chi connectivity index (χ1n) is 8.97. The molecule has 1 aromatic carbocycles. The summed E-state index contributed by atoms with van der Waals surface area (Å²) in [7, 11) is 0. The van der Waals surface area contributed by atoms with Crippen LogP contribution >= 0.6 is 12.2 Å². The zero-order valence-electron chi connectivity index (χ0n) is 15.4. The van der Waals surface area contributed by atoms with Crippen LogP contribution in [0.15, 0.2) is 34.9 Å². The van der Waals surface area contributed by atoms with Gasteiger partial charge in [0.05, 0.1) is 25.5 Å². The van der Waals surface area contributed by atoms with Gasteiger partial charge in [0.15, 0.2) is 5.11 Å². The molecule has 6 nitrogen and oxygen atoms in total. The summed E-state index contributed by atoms with van der Waals surface area (Å²) in [6.07, 6.45) is 0. The van der Waals surface area contributed by atoms with Crippen LogP contribution in [0.4, 0.5) is 5.69 Å². The Bertz CT molecular complexity index is 694. The number of nitrogens with one attached hydrogen (secondary N) is 1. The Morgan fingerprint density at radius 1 is 1.23 bits per heavy atom. The number of nitrogens with zero attached hydrogens (tertiary/aromatic N) is 3. The molecule has 0 unspecified atom stereocenters. The van der Waals surface area contributed by atoms with Crippen LogP contribution in [0.2, 0.25) is 0 Å². The molecule has 26 heavy (non-hydrogen) atoms. The summed E-state index contributed by atoms with van der Waals surface area (Å²) in [5.74, 6) is 0.833. The standard InChI is InChI=1S/C19H26N4O2S/c1-15-18(16(2)25-21-15)14-23(17-6-4-3-5-7-17)19(26)20-8-9-22-10-12-24-13-11-22/h3-7H,8-14H2,1-2H3,(H,20,26). The summed E-state index contributed by atoms with van der Waals surface area (Å²) in [5.41, 5.74) is 3.03. The van der Waals surface area contributed by atoms with Crippen molar-refractivity contribution in [1.29, 1.82) is 0 Å².